The Morgan fingerprint density at radius 1 is 1.25 bits per heavy atom. The molecule has 1 aromatic carbocycles. The Labute approximate surface area is 132 Å². The van der Waals surface area contributed by atoms with E-state index in [1.807, 2.05) is 31.2 Å². The highest BCUT2D eigenvalue weighted by atomic mass is 79.9. The number of aryl methyl sites for hydroxylation is 2. The van der Waals surface area contributed by atoms with E-state index in [0.717, 1.165) is 11.1 Å². The maximum Gasteiger partial charge on any atom is 0.335 e. The number of alkyl halides is 2. The summed E-state index contributed by atoms with van der Waals surface area (Å²) in [4.78, 5) is 10.1. The molecule has 1 aromatic heterocycles. The number of halogens is 2. The Morgan fingerprint density at radius 3 is 2.50 bits per heavy atom. The SMILES string of the molecule is Cc1ccccc1C(Br)C(Br)c1onc(C)c1[N+](=O)[O-]. The van der Waals surface area contributed by atoms with Gasteiger partial charge >= 0.3 is 5.69 Å². The van der Waals surface area contributed by atoms with Crippen LogP contribution in [0.2, 0.25) is 0 Å². The molecule has 2 atom stereocenters. The Kier molecular flexibility index (Phi) is 4.59. The van der Waals surface area contributed by atoms with Crippen LogP contribution < -0.4 is 0 Å². The van der Waals surface area contributed by atoms with E-state index in [4.69, 9.17) is 4.52 Å². The van der Waals surface area contributed by atoms with Gasteiger partial charge in [0.25, 0.3) is 0 Å². The molecule has 2 aromatic rings. The molecule has 106 valence electrons. The molecule has 0 spiro atoms. The number of benzene rings is 1. The number of aromatic nitrogens is 1. The van der Waals surface area contributed by atoms with Crippen molar-refractivity contribution in [2.45, 2.75) is 23.5 Å². The molecule has 0 amide bonds. The number of nitrogens with zero attached hydrogens (tertiary/aromatic N) is 2. The lowest BCUT2D eigenvalue weighted by Crippen LogP contribution is -2.03. The predicted octanol–water partition coefficient (Wildman–Crippen LogP) is 4.77. The van der Waals surface area contributed by atoms with Crippen LogP contribution in [0.3, 0.4) is 0 Å². The zero-order chi connectivity index (χ0) is 14.9. The molecule has 0 saturated heterocycles. The fourth-order valence-corrected chi connectivity index (χ4v) is 3.31. The lowest BCUT2D eigenvalue weighted by atomic mass is 10.0. The molecule has 2 rings (SSSR count). The van der Waals surface area contributed by atoms with Crippen LogP contribution in [0.4, 0.5) is 5.69 Å². The van der Waals surface area contributed by atoms with E-state index in [1.165, 1.54) is 0 Å². The lowest BCUT2D eigenvalue weighted by Gasteiger charge is -2.16. The molecule has 0 aliphatic heterocycles. The van der Waals surface area contributed by atoms with Crippen LogP contribution in [0.25, 0.3) is 0 Å². The summed E-state index contributed by atoms with van der Waals surface area (Å²) in [5, 5.41) is 14.8. The summed E-state index contributed by atoms with van der Waals surface area (Å²) in [6, 6.07) is 7.83. The van der Waals surface area contributed by atoms with E-state index in [9.17, 15) is 10.1 Å². The quantitative estimate of drug-likeness (QED) is 0.418. The lowest BCUT2D eigenvalue weighted by molar-refractivity contribution is -0.386. The van der Waals surface area contributed by atoms with Gasteiger partial charge < -0.3 is 4.52 Å². The van der Waals surface area contributed by atoms with Gasteiger partial charge in [0, 0.05) is 0 Å². The summed E-state index contributed by atoms with van der Waals surface area (Å²) < 4.78 is 5.13. The van der Waals surface area contributed by atoms with Crippen molar-refractivity contribution in [3.8, 4) is 0 Å². The fraction of sp³-hybridized carbons (Fsp3) is 0.308. The van der Waals surface area contributed by atoms with Gasteiger partial charge in [-0.2, -0.15) is 0 Å². The average Bonchev–Trinajstić information content (AvgIpc) is 2.79. The monoisotopic (exact) mass is 402 g/mol. The van der Waals surface area contributed by atoms with Crippen LogP contribution in [-0.2, 0) is 0 Å². The van der Waals surface area contributed by atoms with Crippen LogP contribution in [0.5, 0.6) is 0 Å². The van der Waals surface area contributed by atoms with Gasteiger partial charge in [-0.25, -0.2) is 0 Å². The minimum atomic E-state index is -0.465. The van der Waals surface area contributed by atoms with E-state index in [-0.39, 0.29) is 26.8 Å². The molecule has 0 N–H and O–H groups in total. The summed E-state index contributed by atoms with van der Waals surface area (Å²) >= 11 is 7.04. The number of hydrogen-bond donors (Lipinski definition) is 0. The van der Waals surface area contributed by atoms with E-state index < -0.39 is 4.92 Å². The molecular formula is C13H12Br2N2O3. The second-order valence-corrected chi connectivity index (χ2v) is 6.37. The van der Waals surface area contributed by atoms with Crippen molar-refractivity contribution in [3.05, 3.63) is 57.0 Å². The molecule has 0 aliphatic rings. The third-order valence-electron chi connectivity index (χ3n) is 3.03. The van der Waals surface area contributed by atoms with Crippen LogP contribution in [-0.4, -0.2) is 10.1 Å². The highest BCUT2D eigenvalue weighted by Gasteiger charge is 2.34. The van der Waals surface area contributed by atoms with Gasteiger partial charge in [0.2, 0.25) is 5.76 Å². The topological polar surface area (TPSA) is 69.2 Å². The van der Waals surface area contributed by atoms with E-state index in [2.05, 4.69) is 37.0 Å². The third kappa shape index (κ3) is 2.78. The molecule has 0 fully saturated rings. The standard InChI is InChI=1S/C13H12Br2N2O3/c1-7-5-3-4-6-9(7)10(14)11(15)13-12(17(18)19)8(2)16-20-13/h3-6,10-11H,1-2H3. The summed E-state index contributed by atoms with van der Waals surface area (Å²) in [5.41, 5.74) is 2.33. The molecule has 2 unspecified atom stereocenters. The molecule has 1 heterocycles. The molecule has 0 bridgehead atoms. The second kappa shape index (κ2) is 6.05. The minimum Gasteiger partial charge on any atom is -0.352 e. The third-order valence-corrected chi connectivity index (χ3v) is 5.71. The van der Waals surface area contributed by atoms with Gasteiger partial charge in [0.15, 0.2) is 5.69 Å². The molecule has 0 radical (unpaired) electrons. The normalized spacial score (nSPS) is 14.0. The zero-order valence-corrected chi connectivity index (χ0v) is 14.0. The van der Waals surface area contributed by atoms with Gasteiger partial charge in [-0.3, -0.25) is 10.1 Å². The molecule has 0 aliphatic carbocycles. The molecular weight excluding hydrogens is 392 g/mol. The van der Waals surface area contributed by atoms with E-state index >= 15 is 0 Å². The van der Waals surface area contributed by atoms with Crippen molar-refractivity contribution >= 4 is 37.5 Å². The maximum atomic E-state index is 11.1. The summed E-state index contributed by atoms with van der Waals surface area (Å²) in [7, 11) is 0. The number of nitro groups is 1. The second-order valence-electron chi connectivity index (χ2n) is 4.40. The van der Waals surface area contributed by atoms with Crippen molar-refractivity contribution < 1.29 is 9.45 Å². The van der Waals surface area contributed by atoms with Crippen molar-refractivity contribution in [3.63, 3.8) is 0 Å². The largest absolute Gasteiger partial charge is 0.352 e. The van der Waals surface area contributed by atoms with Gasteiger partial charge in [0.05, 0.1) is 14.6 Å². The van der Waals surface area contributed by atoms with Crippen LogP contribution >= 0.6 is 31.9 Å². The van der Waals surface area contributed by atoms with Gasteiger partial charge in [-0.1, -0.05) is 61.3 Å². The highest BCUT2D eigenvalue weighted by Crippen LogP contribution is 2.46. The summed E-state index contributed by atoms with van der Waals surface area (Å²) in [5.74, 6) is 0.220. The van der Waals surface area contributed by atoms with Crippen molar-refractivity contribution in [2.24, 2.45) is 0 Å². The molecule has 20 heavy (non-hydrogen) atoms. The molecule has 7 heteroatoms. The summed E-state index contributed by atoms with van der Waals surface area (Å²) in [6.45, 7) is 3.55. The average molecular weight is 404 g/mol. The first-order valence-corrected chi connectivity index (χ1v) is 7.70. The highest BCUT2D eigenvalue weighted by molar-refractivity contribution is 9.12. The van der Waals surface area contributed by atoms with Crippen molar-refractivity contribution in [1.82, 2.24) is 5.16 Å². The first kappa shape index (κ1) is 15.2. The van der Waals surface area contributed by atoms with E-state index in [0.29, 0.717) is 0 Å². The van der Waals surface area contributed by atoms with Crippen molar-refractivity contribution in [2.75, 3.05) is 0 Å². The first-order valence-electron chi connectivity index (χ1n) is 5.87. The molecule has 0 saturated carbocycles. The van der Waals surface area contributed by atoms with Gasteiger partial charge in [0.1, 0.15) is 0 Å². The Hall–Kier alpha value is -1.21. The maximum absolute atomic E-state index is 11.1. The van der Waals surface area contributed by atoms with Gasteiger partial charge in [-0.05, 0) is 25.0 Å². The Morgan fingerprint density at radius 2 is 1.90 bits per heavy atom. The van der Waals surface area contributed by atoms with Crippen LogP contribution in [0.15, 0.2) is 28.8 Å². The first-order chi connectivity index (χ1) is 9.43. The smallest absolute Gasteiger partial charge is 0.335 e. The number of hydrogen-bond acceptors (Lipinski definition) is 4. The van der Waals surface area contributed by atoms with E-state index in [1.54, 1.807) is 6.92 Å². The Balaban J connectivity index is 2.39. The minimum absolute atomic E-state index is 0.0788. The van der Waals surface area contributed by atoms with Gasteiger partial charge in [-0.15, -0.1) is 0 Å². The Bertz CT molecular complexity index is 642. The predicted molar refractivity (Wildman–Crippen MR) is 82.4 cm³/mol. The van der Waals surface area contributed by atoms with Crippen LogP contribution in [0.1, 0.15) is 32.2 Å². The van der Waals surface area contributed by atoms with Crippen LogP contribution in [0, 0.1) is 24.0 Å². The zero-order valence-electron chi connectivity index (χ0n) is 10.8. The fourth-order valence-electron chi connectivity index (χ4n) is 1.97. The number of rotatable bonds is 4. The summed E-state index contributed by atoms with van der Waals surface area (Å²) in [6.07, 6.45) is 0. The molecule has 5 nitrogen and oxygen atoms in total. The van der Waals surface area contributed by atoms with Crippen molar-refractivity contribution in [1.29, 1.82) is 0 Å².